The maximum atomic E-state index is 6.22. The van der Waals surface area contributed by atoms with Gasteiger partial charge in [-0.25, -0.2) is 0 Å². The van der Waals surface area contributed by atoms with Crippen LogP contribution in [0.15, 0.2) is 0 Å². The van der Waals surface area contributed by atoms with Crippen molar-refractivity contribution in [1.82, 2.24) is 9.80 Å². The highest BCUT2D eigenvalue weighted by Gasteiger charge is 2.48. The molecule has 2 saturated heterocycles. The van der Waals surface area contributed by atoms with E-state index in [1.807, 2.05) is 0 Å². The third-order valence-corrected chi connectivity index (χ3v) is 5.28. The van der Waals surface area contributed by atoms with Crippen LogP contribution in [-0.4, -0.2) is 53.1 Å². The standard InChI is InChI=1S/C15H31N3/c1-5-14-7-6-13(4)18(14)15(10-16)8-9-17(11-15)12(2)3/h12-14H,5-11,16H2,1-4H3. The van der Waals surface area contributed by atoms with E-state index in [0.29, 0.717) is 12.1 Å². The van der Waals surface area contributed by atoms with Crippen molar-refractivity contribution in [2.24, 2.45) is 5.73 Å². The van der Waals surface area contributed by atoms with Gasteiger partial charge in [0, 0.05) is 43.3 Å². The highest BCUT2D eigenvalue weighted by molar-refractivity contribution is 5.06. The summed E-state index contributed by atoms with van der Waals surface area (Å²) < 4.78 is 0. The van der Waals surface area contributed by atoms with E-state index < -0.39 is 0 Å². The van der Waals surface area contributed by atoms with Crippen LogP contribution in [0.3, 0.4) is 0 Å². The smallest absolute Gasteiger partial charge is 0.0476 e. The molecule has 0 amide bonds. The van der Waals surface area contributed by atoms with Crippen LogP contribution in [-0.2, 0) is 0 Å². The highest BCUT2D eigenvalue weighted by atomic mass is 15.3. The number of nitrogens with two attached hydrogens (primary N) is 1. The van der Waals surface area contributed by atoms with Gasteiger partial charge in [-0.05, 0) is 46.5 Å². The minimum atomic E-state index is 0.251. The number of hydrogen-bond acceptors (Lipinski definition) is 3. The summed E-state index contributed by atoms with van der Waals surface area (Å²) in [4.78, 5) is 5.39. The lowest BCUT2D eigenvalue weighted by Crippen LogP contribution is -2.59. The third kappa shape index (κ3) is 2.33. The quantitative estimate of drug-likeness (QED) is 0.832. The Morgan fingerprint density at radius 1 is 1.33 bits per heavy atom. The molecule has 3 heteroatoms. The lowest BCUT2D eigenvalue weighted by molar-refractivity contribution is 0.0487. The monoisotopic (exact) mass is 253 g/mol. The van der Waals surface area contributed by atoms with Crippen LogP contribution < -0.4 is 5.73 Å². The molecular formula is C15H31N3. The zero-order valence-corrected chi connectivity index (χ0v) is 12.7. The van der Waals surface area contributed by atoms with Gasteiger partial charge < -0.3 is 5.73 Å². The number of likely N-dealkylation sites (tertiary alicyclic amines) is 2. The second-order valence-electron chi connectivity index (χ2n) is 6.64. The molecule has 3 atom stereocenters. The van der Waals surface area contributed by atoms with E-state index in [4.69, 9.17) is 5.73 Å². The minimum Gasteiger partial charge on any atom is -0.329 e. The van der Waals surface area contributed by atoms with Gasteiger partial charge in [-0.1, -0.05) is 6.92 Å². The predicted octanol–water partition coefficient (Wildman–Crippen LogP) is 2.06. The van der Waals surface area contributed by atoms with Crippen molar-refractivity contribution in [1.29, 1.82) is 0 Å². The van der Waals surface area contributed by atoms with Gasteiger partial charge in [0.25, 0.3) is 0 Å². The van der Waals surface area contributed by atoms with Gasteiger partial charge >= 0.3 is 0 Å². The second-order valence-corrected chi connectivity index (χ2v) is 6.64. The molecule has 0 aromatic heterocycles. The average Bonchev–Trinajstić information content (AvgIpc) is 2.93. The first-order valence-corrected chi connectivity index (χ1v) is 7.76. The number of nitrogens with zero attached hydrogens (tertiary/aromatic N) is 2. The van der Waals surface area contributed by atoms with E-state index in [1.165, 1.54) is 38.8 Å². The van der Waals surface area contributed by atoms with E-state index in [2.05, 4.69) is 37.5 Å². The summed E-state index contributed by atoms with van der Waals surface area (Å²) in [6, 6.07) is 2.12. The molecule has 0 aromatic rings. The molecular weight excluding hydrogens is 222 g/mol. The molecule has 0 bridgehead atoms. The molecule has 0 aromatic carbocycles. The van der Waals surface area contributed by atoms with Gasteiger partial charge in [0.05, 0.1) is 0 Å². The Morgan fingerprint density at radius 3 is 2.56 bits per heavy atom. The molecule has 0 spiro atoms. The molecule has 2 fully saturated rings. The summed E-state index contributed by atoms with van der Waals surface area (Å²) in [6.07, 6.45) is 5.24. The Balaban J connectivity index is 2.17. The first-order chi connectivity index (χ1) is 8.54. The van der Waals surface area contributed by atoms with Crippen LogP contribution in [0.2, 0.25) is 0 Å². The Morgan fingerprint density at radius 2 is 2.06 bits per heavy atom. The molecule has 18 heavy (non-hydrogen) atoms. The zero-order valence-electron chi connectivity index (χ0n) is 12.7. The molecule has 0 aliphatic carbocycles. The predicted molar refractivity (Wildman–Crippen MR) is 77.7 cm³/mol. The van der Waals surface area contributed by atoms with Crippen molar-refractivity contribution < 1.29 is 0 Å². The lowest BCUT2D eigenvalue weighted by atomic mass is 9.93. The third-order valence-electron chi connectivity index (χ3n) is 5.28. The first kappa shape index (κ1) is 14.3. The summed E-state index contributed by atoms with van der Waals surface area (Å²) in [7, 11) is 0. The number of hydrogen-bond donors (Lipinski definition) is 1. The molecule has 0 radical (unpaired) electrons. The van der Waals surface area contributed by atoms with Gasteiger partial charge in [0.15, 0.2) is 0 Å². The van der Waals surface area contributed by atoms with Crippen LogP contribution >= 0.6 is 0 Å². The fraction of sp³-hybridized carbons (Fsp3) is 1.00. The van der Waals surface area contributed by atoms with Crippen molar-refractivity contribution in [3.63, 3.8) is 0 Å². The van der Waals surface area contributed by atoms with Gasteiger partial charge in [0.1, 0.15) is 0 Å². The summed E-state index contributed by atoms with van der Waals surface area (Å²) in [5.74, 6) is 0. The zero-order chi connectivity index (χ0) is 13.3. The van der Waals surface area contributed by atoms with Gasteiger partial charge in [-0.2, -0.15) is 0 Å². The fourth-order valence-corrected chi connectivity index (χ4v) is 4.14. The summed E-state index contributed by atoms with van der Waals surface area (Å²) in [5, 5.41) is 0. The van der Waals surface area contributed by atoms with Gasteiger partial charge in [0.2, 0.25) is 0 Å². The number of rotatable bonds is 4. The molecule has 2 aliphatic rings. The Labute approximate surface area is 113 Å². The summed E-state index contributed by atoms with van der Waals surface area (Å²) in [6.45, 7) is 12.5. The van der Waals surface area contributed by atoms with Crippen LogP contribution in [0.5, 0.6) is 0 Å². The first-order valence-electron chi connectivity index (χ1n) is 7.76. The Kier molecular flexibility index (Phi) is 4.35. The molecule has 3 unspecified atom stereocenters. The molecule has 106 valence electrons. The molecule has 0 saturated carbocycles. The van der Waals surface area contributed by atoms with E-state index >= 15 is 0 Å². The maximum Gasteiger partial charge on any atom is 0.0476 e. The molecule has 2 rings (SSSR count). The molecule has 3 nitrogen and oxygen atoms in total. The van der Waals surface area contributed by atoms with E-state index in [9.17, 15) is 0 Å². The van der Waals surface area contributed by atoms with Crippen molar-refractivity contribution in [3.8, 4) is 0 Å². The topological polar surface area (TPSA) is 32.5 Å². The Hall–Kier alpha value is -0.120. The normalized spacial score (nSPS) is 39.0. The average molecular weight is 253 g/mol. The van der Waals surface area contributed by atoms with Crippen molar-refractivity contribution in [2.45, 2.75) is 77.0 Å². The highest BCUT2D eigenvalue weighted by Crippen LogP contribution is 2.38. The van der Waals surface area contributed by atoms with E-state index in [0.717, 1.165) is 12.6 Å². The summed E-state index contributed by atoms with van der Waals surface area (Å²) >= 11 is 0. The van der Waals surface area contributed by atoms with Crippen molar-refractivity contribution >= 4 is 0 Å². The summed E-state index contributed by atoms with van der Waals surface area (Å²) in [5.41, 5.74) is 6.47. The molecule has 2 aliphatic heterocycles. The van der Waals surface area contributed by atoms with Crippen molar-refractivity contribution in [2.75, 3.05) is 19.6 Å². The van der Waals surface area contributed by atoms with Crippen LogP contribution in [0, 0.1) is 0 Å². The molecule has 2 N–H and O–H groups in total. The fourth-order valence-electron chi connectivity index (χ4n) is 4.14. The molecule has 2 heterocycles. The van der Waals surface area contributed by atoms with Crippen LogP contribution in [0.4, 0.5) is 0 Å². The van der Waals surface area contributed by atoms with Crippen molar-refractivity contribution in [3.05, 3.63) is 0 Å². The van der Waals surface area contributed by atoms with Gasteiger partial charge in [-0.3, -0.25) is 9.80 Å². The minimum absolute atomic E-state index is 0.251. The lowest BCUT2D eigenvalue weighted by Gasteiger charge is -2.44. The van der Waals surface area contributed by atoms with E-state index in [1.54, 1.807) is 0 Å². The van der Waals surface area contributed by atoms with Crippen LogP contribution in [0.25, 0.3) is 0 Å². The Bertz CT molecular complexity index is 279. The van der Waals surface area contributed by atoms with Crippen LogP contribution in [0.1, 0.15) is 53.4 Å². The maximum absolute atomic E-state index is 6.22. The second kappa shape index (κ2) is 5.48. The largest absolute Gasteiger partial charge is 0.329 e. The SMILES string of the molecule is CCC1CCC(C)N1C1(CN)CCN(C(C)C)C1. The van der Waals surface area contributed by atoms with E-state index in [-0.39, 0.29) is 5.54 Å². The van der Waals surface area contributed by atoms with Gasteiger partial charge in [-0.15, -0.1) is 0 Å².